The van der Waals surface area contributed by atoms with Crippen molar-refractivity contribution in [2.24, 2.45) is 0 Å². The van der Waals surface area contributed by atoms with Gasteiger partial charge in [0, 0.05) is 43.7 Å². The standard InChI is InChI=1S/C48H32N2/c1-3-15-31(16-4-1)33-19-7-8-20-35(33)40-28-30-42-37-22-12-14-26-44(37)50-48(42)46(40)39-24-10-9-23-38(39)45-34(32-17-5-2-6-18-32)27-29-41-36-21-11-13-25-43(36)49-47(41)45/h1-30,49-50H. The Morgan fingerprint density at radius 1 is 0.240 bits per heavy atom. The molecule has 0 saturated heterocycles. The van der Waals surface area contributed by atoms with Crippen LogP contribution in [0.1, 0.15) is 0 Å². The van der Waals surface area contributed by atoms with E-state index in [1.165, 1.54) is 77.2 Å². The third kappa shape index (κ3) is 4.43. The smallest absolute Gasteiger partial charge is 0.0551 e. The van der Waals surface area contributed by atoms with E-state index in [2.05, 4.69) is 192 Å². The second-order valence-corrected chi connectivity index (χ2v) is 13.0. The summed E-state index contributed by atoms with van der Waals surface area (Å²) in [6, 6.07) is 65.8. The molecule has 2 heteroatoms. The fraction of sp³-hybridized carbons (Fsp3) is 0. The first kappa shape index (κ1) is 28.4. The third-order valence-corrected chi connectivity index (χ3v) is 10.2. The van der Waals surface area contributed by atoms with Crippen LogP contribution in [-0.2, 0) is 0 Å². The van der Waals surface area contributed by atoms with Crippen molar-refractivity contribution in [1.29, 1.82) is 0 Å². The van der Waals surface area contributed by atoms with Crippen LogP contribution in [0.25, 0.3) is 99.2 Å². The molecule has 0 saturated carbocycles. The van der Waals surface area contributed by atoms with E-state index in [1.807, 2.05) is 0 Å². The lowest BCUT2D eigenvalue weighted by atomic mass is 9.83. The summed E-state index contributed by atoms with van der Waals surface area (Å²) in [5, 5.41) is 4.91. The predicted molar refractivity (Wildman–Crippen MR) is 212 cm³/mol. The van der Waals surface area contributed by atoms with Crippen LogP contribution in [-0.4, -0.2) is 9.97 Å². The topological polar surface area (TPSA) is 31.6 Å². The Kier molecular flexibility index (Phi) is 6.53. The van der Waals surface area contributed by atoms with E-state index in [9.17, 15) is 0 Å². The number of aromatic nitrogens is 2. The lowest BCUT2D eigenvalue weighted by Gasteiger charge is -2.20. The second-order valence-electron chi connectivity index (χ2n) is 13.0. The molecule has 10 rings (SSSR count). The molecule has 50 heavy (non-hydrogen) atoms. The van der Waals surface area contributed by atoms with Gasteiger partial charge in [-0.2, -0.15) is 0 Å². The molecule has 0 bridgehead atoms. The molecule has 0 radical (unpaired) electrons. The van der Waals surface area contributed by atoms with Gasteiger partial charge in [-0.25, -0.2) is 0 Å². The number of rotatable bonds is 5. The molecule has 2 heterocycles. The van der Waals surface area contributed by atoms with Crippen molar-refractivity contribution in [2.45, 2.75) is 0 Å². The van der Waals surface area contributed by atoms with Crippen LogP contribution >= 0.6 is 0 Å². The van der Waals surface area contributed by atoms with Gasteiger partial charge >= 0.3 is 0 Å². The summed E-state index contributed by atoms with van der Waals surface area (Å²) in [5.74, 6) is 0. The lowest BCUT2D eigenvalue weighted by Crippen LogP contribution is -1.95. The fourth-order valence-corrected chi connectivity index (χ4v) is 7.99. The molecule has 0 aliphatic heterocycles. The molecular weight excluding hydrogens is 605 g/mol. The molecule has 234 valence electrons. The zero-order valence-corrected chi connectivity index (χ0v) is 27.3. The Bertz CT molecular complexity index is 2860. The van der Waals surface area contributed by atoms with Gasteiger partial charge in [0.15, 0.2) is 0 Å². The van der Waals surface area contributed by atoms with Crippen LogP contribution in [0.2, 0.25) is 0 Å². The summed E-state index contributed by atoms with van der Waals surface area (Å²) in [6.45, 7) is 0. The largest absolute Gasteiger partial charge is 0.354 e. The number of hydrogen-bond acceptors (Lipinski definition) is 0. The van der Waals surface area contributed by atoms with Crippen molar-refractivity contribution < 1.29 is 0 Å². The second kappa shape index (κ2) is 11.5. The molecule has 0 atom stereocenters. The summed E-state index contributed by atoms with van der Waals surface area (Å²) in [4.78, 5) is 7.75. The molecule has 0 aliphatic carbocycles. The van der Waals surface area contributed by atoms with Gasteiger partial charge in [-0.1, -0.05) is 170 Å². The molecular formula is C48H32N2. The molecule has 0 amide bonds. The van der Waals surface area contributed by atoms with Crippen molar-refractivity contribution in [1.82, 2.24) is 9.97 Å². The van der Waals surface area contributed by atoms with Crippen LogP contribution in [0, 0.1) is 0 Å². The van der Waals surface area contributed by atoms with Gasteiger partial charge in [-0.05, 0) is 56.6 Å². The zero-order valence-electron chi connectivity index (χ0n) is 27.3. The number of aromatic amines is 2. The van der Waals surface area contributed by atoms with Gasteiger partial charge in [0.1, 0.15) is 0 Å². The number of para-hydroxylation sites is 2. The van der Waals surface area contributed by atoms with Crippen molar-refractivity contribution in [2.75, 3.05) is 0 Å². The average molecular weight is 637 g/mol. The van der Waals surface area contributed by atoms with Crippen LogP contribution in [0.3, 0.4) is 0 Å². The summed E-state index contributed by atoms with van der Waals surface area (Å²) in [7, 11) is 0. The Labute approximate surface area is 290 Å². The number of fused-ring (bicyclic) bond motifs is 6. The van der Waals surface area contributed by atoms with E-state index in [0.717, 1.165) is 22.1 Å². The van der Waals surface area contributed by atoms with E-state index in [0.29, 0.717) is 0 Å². The maximum atomic E-state index is 3.89. The summed E-state index contributed by atoms with van der Waals surface area (Å²) < 4.78 is 0. The molecule has 2 aromatic heterocycles. The van der Waals surface area contributed by atoms with Crippen LogP contribution < -0.4 is 0 Å². The van der Waals surface area contributed by atoms with Crippen molar-refractivity contribution in [3.05, 3.63) is 182 Å². The van der Waals surface area contributed by atoms with E-state index in [-0.39, 0.29) is 0 Å². The normalized spacial score (nSPS) is 11.6. The Hall–Kier alpha value is -6.64. The number of H-pyrrole nitrogens is 2. The van der Waals surface area contributed by atoms with Gasteiger partial charge < -0.3 is 9.97 Å². The molecule has 8 aromatic carbocycles. The van der Waals surface area contributed by atoms with Gasteiger partial charge in [-0.15, -0.1) is 0 Å². The van der Waals surface area contributed by atoms with E-state index in [4.69, 9.17) is 0 Å². The predicted octanol–water partition coefficient (Wildman–Crippen LogP) is 13.3. The van der Waals surface area contributed by atoms with Crippen molar-refractivity contribution in [3.8, 4) is 55.6 Å². The number of hydrogen-bond donors (Lipinski definition) is 2. The van der Waals surface area contributed by atoms with Gasteiger partial charge in [0.05, 0.1) is 11.0 Å². The molecule has 10 aromatic rings. The zero-order chi connectivity index (χ0) is 33.0. The van der Waals surface area contributed by atoms with Gasteiger partial charge in [0.2, 0.25) is 0 Å². The quantitative estimate of drug-likeness (QED) is 0.188. The number of nitrogens with one attached hydrogen (secondary N) is 2. The van der Waals surface area contributed by atoms with Crippen LogP contribution in [0.15, 0.2) is 182 Å². The third-order valence-electron chi connectivity index (χ3n) is 10.2. The molecule has 2 nitrogen and oxygen atoms in total. The Balaban J connectivity index is 1.35. The van der Waals surface area contributed by atoms with E-state index in [1.54, 1.807) is 0 Å². The monoisotopic (exact) mass is 636 g/mol. The SMILES string of the molecule is c1ccc(-c2ccccc2-c2ccc3c([nH]c4ccccc43)c2-c2ccccc2-c2c(-c3ccccc3)ccc3c2[nH]c2ccccc23)cc1. The molecule has 0 unspecified atom stereocenters. The minimum Gasteiger partial charge on any atom is -0.354 e. The molecule has 0 spiro atoms. The van der Waals surface area contributed by atoms with Gasteiger partial charge in [0.25, 0.3) is 0 Å². The Morgan fingerprint density at radius 2 is 0.640 bits per heavy atom. The minimum atomic E-state index is 1.14. The van der Waals surface area contributed by atoms with Crippen LogP contribution in [0.5, 0.6) is 0 Å². The highest BCUT2D eigenvalue weighted by Gasteiger charge is 2.23. The maximum Gasteiger partial charge on any atom is 0.0551 e. The summed E-state index contributed by atoms with van der Waals surface area (Å²) in [6.07, 6.45) is 0. The molecule has 0 aliphatic rings. The first-order chi connectivity index (χ1) is 24.8. The average Bonchev–Trinajstić information content (AvgIpc) is 3.76. The van der Waals surface area contributed by atoms with Crippen molar-refractivity contribution in [3.63, 3.8) is 0 Å². The fourth-order valence-electron chi connectivity index (χ4n) is 7.99. The first-order valence-electron chi connectivity index (χ1n) is 17.2. The molecule has 0 fully saturated rings. The highest BCUT2D eigenvalue weighted by Crippen LogP contribution is 2.49. The highest BCUT2D eigenvalue weighted by molar-refractivity contribution is 6.19. The van der Waals surface area contributed by atoms with Crippen molar-refractivity contribution >= 4 is 43.6 Å². The lowest BCUT2D eigenvalue weighted by molar-refractivity contribution is 1.51. The van der Waals surface area contributed by atoms with E-state index < -0.39 is 0 Å². The highest BCUT2D eigenvalue weighted by atomic mass is 14.7. The first-order valence-corrected chi connectivity index (χ1v) is 17.2. The van der Waals surface area contributed by atoms with E-state index >= 15 is 0 Å². The summed E-state index contributed by atoms with van der Waals surface area (Å²) >= 11 is 0. The van der Waals surface area contributed by atoms with Crippen LogP contribution in [0.4, 0.5) is 0 Å². The Morgan fingerprint density at radius 3 is 1.20 bits per heavy atom. The summed E-state index contributed by atoms with van der Waals surface area (Å²) in [5.41, 5.74) is 16.6. The van der Waals surface area contributed by atoms with Gasteiger partial charge in [-0.3, -0.25) is 0 Å². The minimum absolute atomic E-state index is 1.14. The number of benzene rings is 8. The maximum absolute atomic E-state index is 3.89. The molecule has 2 N–H and O–H groups in total.